The number of carbonyl (C=O) groups excluding carboxylic acids is 1. The third-order valence-corrected chi connectivity index (χ3v) is 3.34. The van der Waals surface area contributed by atoms with Gasteiger partial charge < -0.3 is 9.84 Å². The van der Waals surface area contributed by atoms with Gasteiger partial charge in [0, 0.05) is 11.8 Å². The molecule has 0 atom stereocenters. The quantitative estimate of drug-likeness (QED) is 0.296. The van der Waals surface area contributed by atoms with E-state index in [0.29, 0.717) is 6.07 Å². The van der Waals surface area contributed by atoms with Crippen LogP contribution in [0.4, 0.5) is 13.2 Å². The number of hydrogen-bond donors (Lipinski definition) is 1. The first-order chi connectivity index (χ1) is 10.9. The van der Waals surface area contributed by atoms with E-state index in [4.69, 9.17) is 4.74 Å². The van der Waals surface area contributed by atoms with E-state index in [1.165, 1.54) is 0 Å². The van der Waals surface area contributed by atoms with Gasteiger partial charge in [0.1, 0.15) is 17.1 Å². The minimum atomic E-state index is -1.34. The molecule has 0 bridgehead atoms. The summed E-state index contributed by atoms with van der Waals surface area (Å²) in [4.78, 5) is 16.0. The largest absolute Gasteiger partial charge is 0.506 e. The topological polar surface area (TPSA) is 58.9 Å². The second-order valence-electron chi connectivity index (χ2n) is 5.15. The lowest BCUT2D eigenvalue weighted by molar-refractivity contribution is -0.137. The molecule has 0 spiro atoms. The van der Waals surface area contributed by atoms with Crippen molar-refractivity contribution in [3.63, 3.8) is 0 Å². The van der Waals surface area contributed by atoms with E-state index >= 15 is 0 Å². The molecular formula is C16H16F3NO3. The van der Waals surface area contributed by atoms with Crippen molar-refractivity contribution in [2.24, 2.45) is 4.99 Å². The highest BCUT2D eigenvalue weighted by Gasteiger charge is 2.25. The molecule has 1 aromatic rings. The number of hydrogen-bond acceptors (Lipinski definition) is 4. The lowest BCUT2D eigenvalue weighted by Gasteiger charge is -2.10. The van der Waals surface area contributed by atoms with Crippen LogP contribution in [0.1, 0.15) is 30.9 Å². The monoisotopic (exact) mass is 327 g/mol. The number of carbonyl (C=O) groups is 1. The number of esters is 1. The number of rotatable bonds is 5. The molecule has 0 radical (unpaired) electrons. The summed E-state index contributed by atoms with van der Waals surface area (Å²) in [5, 5.41) is 10.2. The highest BCUT2D eigenvalue weighted by atomic mass is 19.2. The minimum absolute atomic E-state index is 0.0339. The van der Waals surface area contributed by atoms with Crippen LogP contribution in [0, 0.1) is 24.4 Å². The number of aliphatic hydroxyl groups excluding tert-OH is 1. The van der Waals surface area contributed by atoms with Crippen LogP contribution in [0.2, 0.25) is 0 Å². The van der Waals surface area contributed by atoms with Crippen molar-refractivity contribution in [2.45, 2.75) is 32.7 Å². The Bertz CT molecular complexity index is 694. The molecule has 1 fully saturated rings. The van der Waals surface area contributed by atoms with E-state index in [1.54, 1.807) is 6.92 Å². The van der Waals surface area contributed by atoms with E-state index in [2.05, 4.69) is 4.99 Å². The molecule has 4 nitrogen and oxygen atoms in total. The van der Waals surface area contributed by atoms with Crippen molar-refractivity contribution >= 4 is 17.9 Å². The second kappa shape index (κ2) is 6.85. The zero-order chi connectivity index (χ0) is 17.1. The maximum Gasteiger partial charge on any atom is 0.343 e. The fraction of sp³-hybridized carbons (Fsp3) is 0.375. The van der Waals surface area contributed by atoms with Crippen LogP contribution in [-0.4, -0.2) is 29.9 Å². The molecule has 0 heterocycles. The molecule has 0 aliphatic heterocycles. The van der Waals surface area contributed by atoms with Gasteiger partial charge in [0.15, 0.2) is 11.6 Å². The standard InChI is InChI=1S/C16H16F3NO3/c1-3-23-16(22)11(7-20-9-4-5-9)15(21)10-6-12(17)14(19)8(2)13(10)18/h6-7,9,21H,3-5H2,1-2H3/b15-11-,20-7?. The lowest BCUT2D eigenvalue weighted by Crippen LogP contribution is -2.13. The molecule has 23 heavy (non-hydrogen) atoms. The SMILES string of the molecule is CCOC(=O)/C(C=NC1CC1)=C(\O)c1cc(F)c(F)c(C)c1F. The predicted molar refractivity (Wildman–Crippen MR) is 78.7 cm³/mol. The summed E-state index contributed by atoms with van der Waals surface area (Å²) in [6.45, 7) is 2.63. The third-order valence-electron chi connectivity index (χ3n) is 3.34. The molecule has 0 aromatic heterocycles. The van der Waals surface area contributed by atoms with Gasteiger partial charge in [-0.25, -0.2) is 18.0 Å². The Kier molecular flexibility index (Phi) is 5.08. The van der Waals surface area contributed by atoms with Crippen LogP contribution in [0.3, 0.4) is 0 Å². The minimum Gasteiger partial charge on any atom is -0.506 e. The van der Waals surface area contributed by atoms with Crippen LogP contribution in [0.25, 0.3) is 5.76 Å². The van der Waals surface area contributed by atoms with Gasteiger partial charge in [0.05, 0.1) is 18.2 Å². The van der Waals surface area contributed by atoms with Crippen molar-refractivity contribution in [1.29, 1.82) is 0 Å². The Morgan fingerprint density at radius 1 is 1.39 bits per heavy atom. The Balaban J connectivity index is 2.54. The first-order valence-corrected chi connectivity index (χ1v) is 7.14. The third kappa shape index (κ3) is 3.72. The fourth-order valence-electron chi connectivity index (χ4n) is 1.87. The van der Waals surface area contributed by atoms with Crippen LogP contribution in [0.15, 0.2) is 16.6 Å². The zero-order valence-electron chi connectivity index (χ0n) is 12.7. The van der Waals surface area contributed by atoms with Crippen molar-refractivity contribution < 1.29 is 27.8 Å². The number of halogens is 3. The van der Waals surface area contributed by atoms with Crippen LogP contribution in [0.5, 0.6) is 0 Å². The number of benzene rings is 1. The van der Waals surface area contributed by atoms with E-state index in [-0.39, 0.29) is 12.6 Å². The number of nitrogens with zero attached hydrogens (tertiary/aromatic N) is 1. The average Bonchev–Trinajstić information content (AvgIpc) is 3.33. The molecule has 1 N–H and O–H groups in total. The Morgan fingerprint density at radius 2 is 2.04 bits per heavy atom. The van der Waals surface area contributed by atoms with Gasteiger partial charge in [-0.15, -0.1) is 0 Å². The molecule has 1 aromatic carbocycles. The molecule has 1 aliphatic carbocycles. The van der Waals surface area contributed by atoms with E-state index in [0.717, 1.165) is 26.0 Å². The first-order valence-electron chi connectivity index (χ1n) is 7.14. The number of aliphatic imine (C=N–C) groups is 1. The van der Waals surface area contributed by atoms with Crippen LogP contribution >= 0.6 is 0 Å². The molecule has 7 heteroatoms. The van der Waals surface area contributed by atoms with Crippen molar-refractivity contribution in [1.82, 2.24) is 0 Å². The summed E-state index contributed by atoms with van der Waals surface area (Å²) >= 11 is 0. The average molecular weight is 327 g/mol. The van der Waals surface area contributed by atoms with E-state index in [9.17, 15) is 23.1 Å². The maximum atomic E-state index is 14.1. The lowest BCUT2D eigenvalue weighted by atomic mass is 10.0. The highest BCUT2D eigenvalue weighted by Crippen LogP contribution is 2.27. The molecule has 124 valence electrons. The van der Waals surface area contributed by atoms with Crippen molar-refractivity contribution in [2.75, 3.05) is 6.61 Å². The maximum absolute atomic E-state index is 14.1. The molecule has 1 aliphatic rings. The zero-order valence-corrected chi connectivity index (χ0v) is 12.7. The number of aliphatic hydroxyl groups is 1. The van der Waals surface area contributed by atoms with E-state index in [1.807, 2.05) is 0 Å². The van der Waals surface area contributed by atoms with Gasteiger partial charge in [0.2, 0.25) is 0 Å². The van der Waals surface area contributed by atoms with Gasteiger partial charge in [-0.05, 0) is 32.8 Å². The molecule has 1 saturated carbocycles. The van der Waals surface area contributed by atoms with Gasteiger partial charge >= 0.3 is 5.97 Å². The summed E-state index contributed by atoms with van der Waals surface area (Å²) in [6.07, 6.45) is 2.79. The molecule has 0 saturated heterocycles. The van der Waals surface area contributed by atoms with Gasteiger partial charge in [-0.3, -0.25) is 4.99 Å². The molecule has 0 unspecified atom stereocenters. The van der Waals surface area contributed by atoms with Crippen LogP contribution < -0.4 is 0 Å². The number of ether oxygens (including phenoxy) is 1. The molecular weight excluding hydrogens is 311 g/mol. The van der Waals surface area contributed by atoms with Crippen LogP contribution in [-0.2, 0) is 9.53 Å². The highest BCUT2D eigenvalue weighted by molar-refractivity contribution is 6.15. The first kappa shape index (κ1) is 17.1. The Morgan fingerprint density at radius 3 is 2.61 bits per heavy atom. The molecule has 0 amide bonds. The Labute approximate surface area is 131 Å². The summed E-state index contributed by atoms with van der Waals surface area (Å²) < 4.78 is 45.7. The normalized spacial score (nSPS) is 15.7. The summed E-state index contributed by atoms with van der Waals surface area (Å²) in [7, 11) is 0. The molecule has 2 rings (SSSR count). The summed E-state index contributed by atoms with van der Waals surface area (Å²) in [6, 6.07) is 0.542. The summed E-state index contributed by atoms with van der Waals surface area (Å²) in [5.74, 6) is -5.58. The second-order valence-corrected chi connectivity index (χ2v) is 5.15. The smallest absolute Gasteiger partial charge is 0.343 e. The van der Waals surface area contributed by atoms with Gasteiger partial charge in [-0.1, -0.05) is 0 Å². The Hall–Kier alpha value is -2.31. The van der Waals surface area contributed by atoms with Crippen molar-refractivity contribution in [3.05, 3.63) is 40.2 Å². The van der Waals surface area contributed by atoms with Crippen molar-refractivity contribution in [3.8, 4) is 0 Å². The van der Waals surface area contributed by atoms with Gasteiger partial charge in [-0.2, -0.15) is 0 Å². The summed E-state index contributed by atoms with van der Waals surface area (Å²) in [5.41, 5.74) is -1.61. The fourth-order valence-corrected chi connectivity index (χ4v) is 1.87. The van der Waals surface area contributed by atoms with Gasteiger partial charge in [0.25, 0.3) is 0 Å². The predicted octanol–water partition coefficient (Wildman–Crippen LogP) is 3.48. The van der Waals surface area contributed by atoms with E-state index < -0.39 is 45.9 Å².